The van der Waals surface area contributed by atoms with E-state index in [1.807, 2.05) is 12.1 Å². The SMILES string of the molecule is c1ccc(-c2c(-c3cccc(-c4ccc(N(c5ccccc5)c5ccc(-c6cccc(-c7ccc8ccccc8c7)c6)cc5)cc4)c3)oc3ccccc23)cc1. The van der Waals surface area contributed by atoms with Crippen LogP contribution in [0.5, 0.6) is 0 Å². The topological polar surface area (TPSA) is 16.4 Å². The molecule has 0 atom stereocenters. The van der Waals surface area contributed by atoms with Gasteiger partial charge in [0.2, 0.25) is 0 Å². The predicted molar refractivity (Wildman–Crippen MR) is 236 cm³/mol. The number of furan rings is 1. The minimum Gasteiger partial charge on any atom is -0.455 e. The standard InChI is InChI=1S/C54H37NO/c1-3-14-41(15-4-1)53-51-23-9-10-24-52(51)56-54(53)47-20-12-18-44(37-47)40-29-33-50(34-30-40)55(48-21-5-2-6-22-48)49-31-27-39(28-32-49)43-17-11-19-45(35-43)46-26-25-38-13-7-8-16-42(38)36-46/h1-37H. The minimum absolute atomic E-state index is 0.884. The first kappa shape index (κ1) is 33.2. The van der Waals surface area contributed by atoms with Crippen LogP contribution in [0, 0.1) is 0 Å². The lowest BCUT2D eigenvalue weighted by Gasteiger charge is -2.26. The lowest BCUT2D eigenvalue weighted by Crippen LogP contribution is -2.09. The molecule has 0 saturated carbocycles. The second-order valence-electron chi connectivity index (χ2n) is 14.2. The van der Waals surface area contributed by atoms with Crippen molar-refractivity contribution in [3.8, 4) is 55.8 Å². The van der Waals surface area contributed by atoms with Gasteiger partial charge in [0.25, 0.3) is 0 Å². The van der Waals surface area contributed by atoms with Crippen molar-refractivity contribution in [1.29, 1.82) is 0 Å². The molecular weight excluding hydrogens is 679 g/mol. The predicted octanol–water partition coefficient (Wildman–Crippen LogP) is 15.4. The Labute approximate surface area is 327 Å². The van der Waals surface area contributed by atoms with Gasteiger partial charge in [-0.05, 0) is 110 Å². The lowest BCUT2D eigenvalue weighted by molar-refractivity contribution is 0.632. The van der Waals surface area contributed by atoms with E-state index in [-0.39, 0.29) is 0 Å². The molecule has 9 aromatic carbocycles. The molecule has 0 aliphatic carbocycles. The van der Waals surface area contributed by atoms with Gasteiger partial charge in [0, 0.05) is 33.6 Å². The van der Waals surface area contributed by atoms with Crippen molar-refractivity contribution in [2.24, 2.45) is 0 Å². The third-order valence-electron chi connectivity index (χ3n) is 10.7. The molecule has 56 heavy (non-hydrogen) atoms. The van der Waals surface area contributed by atoms with E-state index in [1.54, 1.807) is 0 Å². The van der Waals surface area contributed by atoms with Gasteiger partial charge < -0.3 is 9.32 Å². The molecule has 2 heteroatoms. The molecule has 10 rings (SSSR count). The lowest BCUT2D eigenvalue weighted by atomic mass is 9.96. The summed E-state index contributed by atoms with van der Waals surface area (Å²) in [6.07, 6.45) is 0. The van der Waals surface area contributed by atoms with Crippen LogP contribution in [0.25, 0.3) is 77.6 Å². The number of anilines is 3. The molecule has 1 aromatic heterocycles. The molecule has 1 heterocycles. The Bertz CT molecular complexity index is 2940. The average molecular weight is 716 g/mol. The van der Waals surface area contributed by atoms with Crippen molar-refractivity contribution in [1.82, 2.24) is 0 Å². The first-order chi connectivity index (χ1) is 27.7. The van der Waals surface area contributed by atoms with Gasteiger partial charge in [-0.1, -0.05) is 164 Å². The zero-order chi connectivity index (χ0) is 37.3. The summed E-state index contributed by atoms with van der Waals surface area (Å²) in [7, 11) is 0. The van der Waals surface area contributed by atoms with E-state index >= 15 is 0 Å². The number of nitrogens with zero attached hydrogens (tertiary/aromatic N) is 1. The third-order valence-corrected chi connectivity index (χ3v) is 10.7. The summed E-state index contributed by atoms with van der Waals surface area (Å²) in [5.74, 6) is 0.884. The van der Waals surface area contributed by atoms with Crippen LogP contribution in [0.15, 0.2) is 229 Å². The molecule has 10 aromatic rings. The second kappa shape index (κ2) is 14.4. The van der Waals surface area contributed by atoms with Gasteiger partial charge in [0.15, 0.2) is 0 Å². The molecule has 0 saturated heterocycles. The number of fused-ring (bicyclic) bond motifs is 2. The molecule has 0 amide bonds. The summed E-state index contributed by atoms with van der Waals surface area (Å²) < 4.78 is 6.55. The van der Waals surface area contributed by atoms with Crippen LogP contribution in [0.3, 0.4) is 0 Å². The maximum atomic E-state index is 6.55. The zero-order valence-electron chi connectivity index (χ0n) is 30.7. The fourth-order valence-corrected chi connectivity index (χ4v) is 7.86. The van der Waals surface area contributed by atoms with Crippen LogP contribution in [0.2, 0.25) is 0 Å². The highest BCUT2D eigenvalue weighted by Crippen LogP contribution is 2.42. The van der Waals surface area contributed by atoms with Crippen LogP contribution < -0.4 is 4.90 Å². The van der Waals surface area contributed by atoms with Crippen molar-refractivity contribution in [2.75, 3.05) is 4.90 Å². The highest BCUT2D eigenvalue weighted by molar-refractivity contribution is 6.02. The largest absolute Gasteiger partial charge is 0.455 e. The van der Waals surface area contributed by atoms with Gasteiger partial charge in [-0.25, -0.2) is 0 Å². The van der Waals surface area contributed by atoms with E-state index in [2.05, 4.69) is 217 Å². The second-order valence-corrected chi connectivity index (χ2v) is 14.2. The Hall–Kier alpha value is -7.42. The smallest absolute Gasteiger partial charge is 0.143 e. The summed E-state index contributed by atoms with van der Waals surface area (Å²) in [4.78, 5) is 2.32. The maximum absolute atomic E-state index is 6.55. The summed E-state index contributed by atoms with van der Waals surface area (Å²) >= 11 is 0. The maximum Gasteiger partial charge on any atom is 0.143 e. The van der Waals surface area contributed by atoms with Crippen LogP contribution in [0.1, 0.15) is 0 Å². The van der Waals surface area contributed by atoms with Crippen LogP contribution >= 0.6 is 0 Å². The Balaban J connectivity index is 0.962. The first-order valence-corrected chi connectivity index (χ1v) is 19.1. The molecule has 0 radical (unpaired) electrons. The van der Waals surface area contributed by atoms with Gasteiger partial charge >= 0.3 is 0 Å². The number of hydrogen-bond donors (Lipinski definition) is 0. The van der Waals surface area contributed by atoms with Gasteiger partial charge in [-0.3, -0.25) is 0 Å². The molecule has 0 spiro atoms. The van der Waals surface area contributed by atoms with E-state index in [0.29, 0.717) is 0 Å². The molecule has 2 nitrogen and oxygen atoms in total. The van der Waals surface area contributed by atoms with Gasteiger partial charge in [-0.15, -0.1) is 0 Å². The molecule has 0 N–H and O–H groups in total. The van der Waals surface area contributed by atoms with Crippen LogP contribution in [0.4, 0.5) is 17.1 Å². The van der Waals surface area contributed by atoms with E-state index in [9.17, 15) is 0 Å². The molecule has 0 bridgehead atoms. The van der Waals surface area contributed by atoms with Crippen molar-refractivity contribution >= 4 is 38.8 Å². The Morgan fingerprint density at radius 1 is 0.286 bits per heavy atom. The minimum atomic E-state index is 0.884. The van der Waals surface area contributed by atoms with E-state index in [1.165, 1.54) is 33.0 Å². The quantitative estimate of drug-likeness (QED) is 0.156. The summed E-state index contributed by atoms with van der Waals surface area (Å²) in [5.41, 5.74) is 14.6. The Morgan fingerprint density at radius 2 is 0.750 bits per heavy atom. The normalized spacial score (nSPS) is 11.2. The van der Waals surface area contributed by atoms with Crippen LogP contribution in [-0.4, -0.2) is 0 Å². The van der Waals surface area contributed by atoms with E-state index in [4.69, 9.17) is 4.42 Å². The van der Waals surface area contributed by atoms with E-state index < -0.39 is 0 Å². The molecule has 0 aliphatic rings. The molecule has 0 unspecified atom stereocenters. The molecule has 264 valence electrons. The average Bonchev–Trinajstić information content (AvgIpc) is 3.68. The molecule has 0 fully saturated rings. The summed E-state index contributed by atoms with van der Waals surface area (Å²) in [6.45, 7) is 0. The van der Waals surface area contributed by atoms with Gasteiger partial charge in [-0.2, -0.15) is 0 Å². The number of benzene rings is 9. The van der Waals surface area contributed by atoms with Crippen molar-refractivity contribution in [3.63, 3.8) is 0 Å². The number of para-hydroxylation sites is 2. The molecule has 0 aliphatic heterocycles. The zero-order valence-corrected chi connectivity index (χ0v) is 30.7. The van der Waals surface area contributed by atoms with E-state index in [0.717, 1.165) is 61.6 Å². The fourth-order valence-electron chi connectivity index (χ4n) is 7.86. The highest BCUT2D eigenvalue weighted by atomic mass is 16.3. The Kier molecular flexibility index (Phi) is 8.55. The molecular formula is C54H37NO. The number of rotatable bonds is 8. The van der Waals surface area contributed by atoms with Gasteiger partial charge in [0.1, 0.15) is 11.3 Å². The van der Waals surface area contributed by atoms with Gasteiger partial charge in [0.05, 0.1) is 0 Å². The first-order valence-electron chi connectivity index (χ1n) is 19.1. The van der Waals surface area contributed by atoms with Crippen molar-refractivity contribution in [3.05, 3.63) is 224 Å². The number of hydrogen-bond acceptors (Lipinski definition) is 2. The van der Waals surface area contributed by atoms with Crippen LogP contribution in [-0.2, 0) is 0 Å². The fraction of sp³-hybridized carbons (Fsp3) is 0. The monoisotopic (exact) mass is 715 g/mol. The van der Waals surface area contributed by atoms with Crippen molar-refractivity contribution in [2.45, 2.75) is 0 Å². The summed E-state index contributed by atoms with van der Waals surface area (Å²) in [6, 6.07) is 79.9. The highest BCUT2D eigenvalue weighted by Gasteiger charge is 2.18. The summed E-state index contributed by atoms with van der Waals surface area (Å²) in [5, 5.41) is 3.63. The Morgan fingerprint density at radius 3 is 1.43 bits per heavy atom. The van der Waals surface area contributed by atoms with Crippen molar-refractivity contribution < 1.29 is 4.42 Å². The third kappa shape index (κ3) is 6.34.